The van der Waals surface area contributed by atoms with Crippen LogP contribution < -0.4 is 10.6 Å². The Morgan fingerprint density at radius 2 is 1.62 bits per heavy atom. The quantitative estimate of drug-likeness (QED) is 0.344. The molecule has 0 radical (unpaired) electrons. The van der Waals surface area contributed by atoms with Gasteiger partial charge < -0.3 is 15.5 Å². The Hall–Kier alpha value is -4.52. The van der Waals surface area contributed by atoms with Crippen molar-refractivity contribution in [2.75, 3.05) is 17.2 Å². The first kappa shape index (κ1) is 24.2. The number of carbonyl (C=O) groups is 2. The van der Waals surface area contributed by atoms with E-state index in [9.17, 15) is 9.59 Å². The van der Waals surface area contributed by atoms with Crippen molar-refractivity contribution in [1.29, 1.82) is 0 Å². The van der Waals surface area contributed by atoms with Crippen molar-refractivity contribution in [2.24, 2.45) is 5.92 Å². The summed E-state index contributed by atoms with van der Waals surface area (Å²) in [7, 11) is 0. The zero-order valence-corrected chi connectivity index (χ0v) is 20.9. The highest BCUT2D eigenvalue weighted by Crippen LogP contribution is 2.30. The van der Waals surface area contributed by atoms with Crippen LogP contribution in [-0.2, 0) is 9.59 Å². The Morgan fingerprint density at radius 3 is 2.38 bits per heavy atom. The van der Waals surface area contributed by atoms with Crippen LogP contribution in [0.2, 0.25) is 0 Å². The van der Waals surface area contributed by atoms with E-state index in [1.807, 2.05) is 105 Å². The lowest BCUT2D eigenvalue weighted by molar-refractivity contribution is -0.129. The molecule has 3 aromatic carbocycles. The molecule has 0 spiro atoms. The number of aromatic nitrogens is 2. The van der Waals surface area contributed by atoms with E-state index in [1.165, 1.54) is 0 Å². The lowest BCUT2D eigenvalue weighted by Gasteiger charge is -2.25. The average Bonchev–Trinajstić information content (AvgIpc) is 3.31. The summed E-state index contributed by atoms with van der Waals surface area (Å²) in [6.07, 6.45) is 0.212. The number of nitrogens with one attached hydrogen (secondary N) is 2. The van der Waals surface area contributed by atoms with Gasteiger partial charge in [0.2, 0.25) is 11.8 Å². The maximum atomic E-state index is 13.0. The van der Waals surface area contributed by atoms with Crippen LogP contribution in [0.4, 0.5) is 17.2 Å². The van der Waals surface area contributed by atoms with E-state index in [-0.39, 0.29) is 24.3 Å². The third-order valence-corrected chi connectivity index (χ3v) is 6.59. The van der Waals surface area contributed by atoms with Gasteiger partial charge in [0.15, 0.2) is 0 Å². The molecule has 37 heavy (non-hydrogen) atoms. The number of nitrogens with zero attached hydrogens (tertiary/aromatic N) is 3. The van der Waals surface area contributed by atoms with Crippen LogP contribution in [0, 0.1) is 12.8 Å². The topological polar surface area (TPSA) is 87.2 Å². The minimum atomic E-state index is -0.395. The van der Waals surface area contributed by atoms with E-state index >= 15 is 0 Å². The predicted molar refractivity (Wildman–Crippen MR) is 145 cm³/mol. The van der Waals surface area contributed by atoms with E-state index in [1.54, 1.807) is 4.90 Å². The molecule has 1 fully saturated rings. The highest BCUT2D eigenvalue weighted by atomic mass is 16.2. The van der Waals surface area contributed by atoms with Gasteiger partial charge in [-0.3, -0.25) is 9.59 Å². The van der Waals surface area contributed by atoms with Crippen molar-refractivity contribution in [3.8, 4) is 11.3 Å². The highest BCUT2D eigenvalue weighted by molar-refractivity contribution is 5.97. The van der Waals surface area contributed by atoms with Gasteiger partial charge in [-0.1, -0.05) is 66.7 Å². The molecule has 2 atom stereocenters. The van der Waals surface area contributed by atoms with Crippen molar-refractivity contribution < 1.29 is 9.59 Å². The monoisotopic (exact) mass is 491 g/mol. The van der Waals surface area contributed by atoms with Crippen LogP contribution in [0.5, 0.6) is 0 Å². The molecule has 0 aliphatic carbocycles. The first-order chi connectivity index (χ1) is 18.0. The molecule has 7 nitrogen and oxygen atoms in total. The van der Waals surface area contributed by atoms with Gasteiger partial charge >= 0.3 is 0 Å². The van der Waals surface area contributed by atoms with Crippen molar-refractivity contribution in [1.82, 2.24) is 14.9 Å². The van der Waals surface area contributed by atoms with Crippen LogP contribution in [0.3, 0.4) is 0 Å². The maximum Gasteiger partial charge on any atom is 0.229 e. The fourth-order valence-electron chi connectivity index (χ4n) is 4.65. The van der Waals surface area contributed by atoms with Crippen LogP contribution in [0.15, 0.2) is 91.0 Å². The molecule has 5 rings (SSSR count). The summed E-state index contributed by atoms with van der Waals surface area (Å²) < 4.78 is 0. The number of carbonyl (C=O) groups excluding carboxylic acids is 2. The molecule has 7 heteroatoms. The average molecular weight is 492 g/mol. The van der Waals surface area contributed by atoms with Gasteiger partial charge in [0, 0.05) is 36.0 Å². The Labute approximate surface area is 216 Å². The first-order valence-electron chi connectivity index (χ1n) is 12.4. The Balaban J connectivity index is 1.25. The molecule has 4 aromatic rings. The molecule has 1 aliphatic rings. The second-order valence-corrected chi connectivity index (χ2v) is 9.28. The minimum Gasteiger partial charge on any atom is -0.340 e. The number of hydrogen-bond donors (Lipinski definition) is 2. The molecular weight excluding hydrogens is 462 g/mol. The maximum absolute atomic E-state index is 13.0. The van der Waals surface area contributed by atoms with E-state index in [0.29, 0.717) is 23.9 Å². The zero-order valence-electron chi connectivity index (χ0n) is 20.9. The van der Waals surface area contributed by atoms with Crippen molar-refractivity contribution in [2.45, 2.75) is 26.3 Å². The number of rotatable bonds is 7. The van der Waals surface area contributed by atoms with E-state index in [0.717, 1.165) is 22.5 Å². The predicted octanol–water partition coefficient (Wildman–Crippen LogP) is 5.74. The van der Waals surface area contributed by atoms with Gasteiger partial charge in [0.05, 0.1) is 17.7 Å². The first-order valence-corrected chi connectivity index (χ1v) is 12.4. The van der Waals surface area contributed by atoms with Crippen LogP contribution in [0.25, 0.3) is 11.3 Å². The van der Waals surface area contributed by atoms with Crippen molar-refractivity contribution in [3.05, 3.63) is 102 Å². The summed E-state index contributed by atoms with van der Waals surface area (Å²) in [4.78, 5) is 36.6. The number of benzene rings is 3. The fourth-order valence-corrected chi connectivity index (χ4v) is 4.65. The largest absolute Gasteiger partial charge is 0.340 e. The standard InChI is InChI=1S/C30H29N5O2/c1-20(22-10-5-3-6-11-22)35-19-24(16-29(35)36)30(37)34-26-15-9-14-25(17-26)33-28-18-27(31-21(2)32-28)23-12-7-4-8-13-23/h3-15,17-18,20,24H,16,19H2,1-2H3,(H,34,37)(H,31,32,33). The Morgan fingerprint density at radius 1 is 0.919 bits per heavy atom. The minimum absolute atomic E-state index is 0.000252. The summed E-state index contributed by atoms with van der Waals surface area (Å²) >= 11 is 0. The number of anilines is 3. The van der Waals surface area contributed by atoms with Gasteiger partial charge in [-0.25, -0.2) is 9.97 Å². The van der Waals surface area contributed by atoms with Gasteiger partial charge in [0.1, 0.15) is 11.6 Å². The van der Waals surface area contributed by atoms with Gasteiger partial charge in [-0.2, -0.15) is 0 Å². The molecule has 2 heterocycles. The van der Waals surface area contributed by atoms with Crippen LogP contribution in [0.1, 0.15) is 30.8 Å². The summed E-state index contributed by atoms with van der Waals surface area (Å²) in [5, 5.41) is 6.31. The number of hydrogen-bond acceptors (Lipinski definition) is 5. The SMILES string of the molecule is Cc1nc(Nc2cccc(NC(=O)C3CC(=O)N(C(C)c4ccccc4)C3)c2)cc(-c2ccccc2)n1. The highest BCUT2D eigenvalue weighted by Gasteiger charge is 2.37. The molecule has 2 unspecified atom stereocenters. The normalized spacial score (nSPS) is 15.9. The lowest BCUT2D eigenvalue weighted by Crippen LogP contribution is -2.30. The number of likely N-dealkylation sites (tertiary alicyclic amines) is 1. The fraction of sp³-hybridized carbons (Fsp3) is 0.200. The second kappa shape index (κ2) is 10.6. The molecule has 2 N–H and O–H groups in total. The second-order valence-electron chi connectivity index (χ2n) is 9.28. The molecule has 1 aromatic heterocycles. The Bertz CT molecular complexity index is 1410. The van der Waals surface area contributed by atoms with E-state index in [2.05, 4.69) is 20.6 Å². The summed E-state index contributed by atoms with van der Waals surface area (Å²) in [6.45, 7) is 4.26. The smallest absolute Gasteiger partial charge is 0.229 e. The molecule has 2 amide bonds. The van der Waals surface area contributed by atoms with Crippen molar-refractivity contribution >= 4 is 29.0 Å². The van der Waals surface area contributed by atoms with Gasteiger partial charge in [-0.05, 0) is 37.6 Å². The van der Waals surface area contributed by atoms with Crippen LogP contribution >= 0.6 is 0 Å². The molecule has 1 aliphatic heterocycles. The van der Waals surface area contributed by atoms with Gasteiger partial charge in [-0.15, -0.1) is 0 Å². The van der Waals surface area contributed by atoms with E-state index < -0.39 is 5.92 Å². The summed E-state index contributed by atoms with van der Waals surface area (Å²) in [5.74, 6) is 0.779. The molecule has 186 valence electrons. The van der Waals surface area contributed by atoms with Crippen molar-refractivity contribution in [3.63, 3.8) is 0 Å². The molecular formula is C30H29N5O2. The molecule has 0 bridgehead atoms. The Kier molecular flexibility index (Phi) is 6.94. The zero-order chi connectivity index (χ0) is 25.8. The summed E-state index contributed by atoms with van der Waals surface area (Å²) in [5.41, 5.74) is 4.35. The third kappa shape index (κ3) is 5.67. The summed E-state index contributed by atoms with van der Waals surface area (Å²) in [6, 6.07) is 29.1. The van der Waals surface area contributed by atoms with Crippen LogP contribution in [-0.4, -0.2) is 33.2 Å². The number of amides is 2. The number of aryl methyl sites for hydroxylation is 1. The third-order valence-electron chi connectivity index (χ3n) is 6.59. The van der Waals surface area contributed by atoms with Gasteiger partial charge in [0.25, 0.3) is 0 Å². The lowest BCUT2D eigenvalue weighted by atomic mass is 10.1. The molecule has 0 saturated carbocycles. The molecule has 1 saturated heterocycles. The van der Waals surface area contributed by atoms with E-state index in [4.69, 9.17) is 0 Å².